The quantitative estimate of drug-likeness (QED) is 0.0370. The molecule has 0 aliphatic carbocycles. The molecule has 0 saturated carbocycles. The van der Waals surface area contributed by atoms with Gasteiger partial charge in [0.15, 0.2) is 17.3 Å². The first-order valence-corrected chi connectivity index (χ1v) is 29.1. The van der Waals surface area contributed by atoms with Crippen LogP contribution >= 0.6 is 21.6 Å². The highest BCUT2D eigenvalue weighted by molar-refractivity contribution is 8.77. The second-order valence-corrected chi connectivity index (χ2v) is 24.0. The van der Waals surface area contributed by atoms with Gasteiger partial charge in [0.1, 0.15) is 25.6 Å². The molecule has 1 N–H and O–H groups in total. The van der Waals surface area contributed by atoms with Gasteiger partial charge in [0.05, 0.1) is 63.4 Å². The average molecular weight is 1120 g/mol. The van der Waals surface area contributed by atoms with Crippen molar-refractivity contribution in [3.63, 3.8) is 0 Å². The number of amides is 2. The van der Waals surface area contributed by atoms with E-state index < -0.39 is 16.6 Å². The molecule has 2 amide bonds. The Morgan fingerprint density at radius 1 is 0.759 bits per heavy atom. The van der Waals surface area contributed by atoms with Gasteiger partial charge in [0.2, 0.25) is 0 Å². The van der Waals surface area contributed by atoms with E-state index in [1.54, 1.807) is 42.0 Å². The minimum absolute atomic E-state index is 0.0196. The summed E-state index contributed by atoms with van der Waals surface area (Å²) in [6.07, 6.45) is 4.82. The summed E-state index contributed by atoms with van der Waals surface area (Å²) in [4.78, 5) is 64.0. The van der Waals surface area contributed by atoms with E-state index in [9.17, 15) is 24.3 Å². The van der Waals surface area contributed by atoms with E-state index >= 15 is 0 Å². The van der Waals surface area contributed by atoms with Gasteiger partial charge < -0.3 is 48.1 Å². The van der Waals surface area contributed by atoms with Crippen LogP contribution in [0.2, 0.25) is 0 Å². The lowest BCUT2D eigenvalue weighted by Gasteiger charge is -2.34. The zero-order valence-corrected chi connectivity index (χ0v) is 47.5. The number of nitrogens with zero attached hydrogens (tertiary/aromatic N) is 4. The topological polar surface area (TPSA) is 175 Å². The Balaban J connectivity index is 0.997. The van der Waals surface area contributed by atoms with Gasteiger partial charge in [-0.15, -0.1) is 0 Å². The number of methoxy groups -OCH3 is 3. The molecule has 0 bridgehead atoms. The molecule has 0 fully saturated rings. The number of anilines is 3. The molecule has 16 nitrogen and oxygen atoms in total. The third-order valence-electron chi connectivity index (χ3n) is 14.6. The van der Waals surface area contributed by atoms with Crippen LogP contribution in [0, 0.1) is 12.8 Å². The van der Waals surface area contributed by atoms with Crippen molar-refractivity contribution in [2.75, 3.05) is 94.5 Å². The number of carbonyl (C=O) groups is 4. The average Bonchev–Trinajstić information content (AvgIpc) is 3.96. The van der Waals surface area contributed by atoms with Crippen LogP contribution in [-0.4, -0.2) is 132 Å². The Bertz CT molecular complexity index is 3060. The fourth-order valence-corrected chi connectivity index (χ4v) is 13.6. The zero-order chi connectivity index (χ0) is 55.6. The normalized spacial score (nSPS) is 16.5. The number of fused-ring (bicyclic) bond motifs is 8. The number of rotatable bonds is 28. The maximum Gasteiger partial charge on any atom is 0.307 e. The summed E-state index contributed by atoms with van der Waals surface area (Å²) in [6, 6.07) is 29.7. The van der Waals surface area contributed by atoms with Crippen molar-refractivity contribution in [2.24, 2.45) is 10.9 Å². The van der Waals surface area contributed by atoms with Crippen molar-refractivity contribution in [1.29, 1.82) is 0 Å². The molecule has 5 aromatic rings. The van der Waals surface area contributed by atoms with Crippen LogP contribution in [0.3, 0.4) is 0 Å². The molecule has 4 aliphatic rings. The summed E-state index contributed by atoms with van der Waals surface area (Å²) in [7, 11) is 7.61. The number of aliphatic imine (C=N–C) groups is 1. The zero-order valence-electron chi connectivity index (χ0n) is 45.8. The molecule has 3 atom stereocenters. The summed E-state index contributed by atoms with van der Waals surface area (Å²) in [5.74, 6) is -0.525. The van der Waals surface area contributed by atoms with Crippen molar-refractivity contribution in [2.45, 2.75) is 82.9 Å². The molecule has 0 radical (unpaired) electrons. The van der Waals surface area contributed by atoms with Gasteiger partial charge >= 0.3 is 5.97 Å². The highest BCUT2D eigenvalue weighted by atomic mass is 33.1. The summed E-state index contributed by atoms with van der Waals surface area (Å²) in [6.45, 7) is 9.54. The molecule has 79 heavy (non-hydrogen) atoms. The molecule has 1 unspecified atom stereocenters. The third-order valence-corrected chi connectivity index (χ3v) is 17.9. The highest BCUT2D eigenvalue weighted by Gasteiger charge is 2.39. The molecule has 0 aromatic heterocycles. The molecule has 418 valence electrons. The van der Waals surface area contributed by atoms with Crippen LogP contribution in [0.4, 0.5) is 22.7 Å². The Hall–Kier alpha value is -6.41. The second-order valence-electron chi connectivity index (χ2n) is 20.9. The SMILES string of the molecule is COCCOCCOCCN(CC(C)(C)SSCC(CC(=O)COC)C(=O)O)c1cc(COc2cc3c(cc2C)C(=O)N2c4ccccc4C[C@H]2CC3)cc(COc2cc3c(cc2OC)C(=O)N2c4ccccc4C[C@H]2C=N3)c1. The van der Waals surface area contributed by atoms with Gasteiger partial charge in [-0.3, -0.25) is 29.1 Å². The van der Waals surface area contributed by atoms with E-state index in [2.05, 4.69) is 43.0 Å². The smallest absolute Gasteiger partial charge is 0.307 e. The number of aliphatic carboxylic acids is 1. The number of carbonyl (C=O) groups excluding carboxylic acids is 3. The summed E-state index contributed by atoms with van der Waals surface area (Å²) in [5, 5.41) is 10.00. The molecule has 4 heterocycles. The van der Waals surface area contributed by atoms with E-state index in [1.807, 2.05) is 72.6 Å². The molecule has 0 spiro atoms. The number of para-hydroxylation sites is 2. The van der Waals surface area contributed by atoms with Gasteiger partial charge in [-0.1, -0.05) is 58.0 Å². The molecule has 0 saturated heterocycles. The number of benzene rings is 5. The number of carboxylic acids is 1. The van der Waals surface area contributed by atoms with Crippen LogP contribution in [0.1, 0.15) is 80.8 Å². The predicted molar refractivity (Wildman–Crippen MR) is 310 cm³/mol. The predicted octanol–water partition coefficient (Wildman–Crippen LogP) is 9.92. The van der Waals surface area contributed by atoms with E-state index in [0.717, 1.165) is 64.1 Å². The van der Waals surface area contributed by atoms with Crippen molar-refractivity contribution < 1.29 is 57.4 Å². The number of ether oxygens (including phenoxy) is 7. The lowest BCUT2D eigenvalue weighted by atomic mass is 9.98. The van der Waals surface area contributed by atoms with Gasteiger partial charge in [-0.25, -0.2) is 0 Å². The maximum atomic E-state index is 14.3. The Morgan fingerprint density at radius 2 is 1.43 bits per heavy atom. The maximum absolute atomic E-state index is 14.3. The second kappa shape index (κ2) is 26.2. The van der Waals surface area contributed by atoms with E-state index in [1.165, 1.54) is 23.5 Å². The minimum Gasteiger partial charge on any atom is -0.493 e. The Kier molecular flexibility index (Phi) is 19.0. The van der Waals surface area contributed by atoms with E-state index in [4.69, 9.17) is 38.2 Å². The third kappa shape index (κ3) is 13.8. The van der Waals surface area contributed by atoms with Crippen LogP contribution in [0.15, 0.2) is 96.0 Å². The summed E-state index contributed by atoms with van der Waals surface area (Å²) in [5.41, 5.74) is 10.2. The summed E-state index contributed by atoms with van der Waals surface area (Å²) >= 11 is 0. The first-order chi connectivity index (χ1) is 38.2. The monoisotopic (exact) mass is 1110 g/mol. The molecular formula is C61H70N4O12S2. The first kappa shape index (κ1) is 57.3. The van der Waals surface area contributed by atoms with Crippen molar-refractivity contribution >= 4 is 74.1 Å². The van der Waals surface area contributed by atoms with Crippen LogP contribution in [-0.2, 0) is 61.0 Å². The lowest BCUT2D eigenvalue weighted by molar-refractivity contribution is -0.143. The lowest BCUT2D eigenvalue weighted by Crippen LogP contribution is -2.38. The van der Waals surface area contributed by atoms with Crippen molar-refractivity contribution in [1.82, 2.24) is 0 Å². The van der Waals surface area contributed by atoms with E-state index in [-0.39, 0.29) is 61.7 Å². The number of hydrogen-bond donors (Lipinski definition) is 1. The minimum atomic E-state index is -1.02. The highest BCUT2D eigenvalue weighted by Crippen LogP contribution is 2.43. The number of ketones is 1. The summed E-state index contributed by atoms with van der Waals surface area (Å²) < 4.78 is 40.8. The van der Waals surface area contributed by atoms with Crippen molar-refractivity contribution in [3.8, 4) is 17.2 Å². The number of carboxylic acid groups (broad SMARTS) is 1. The van der Waals surface area contributed by atoms with Gasteiger partial charge in [0, 0.05) is 91.6 Å². The molecule has 9 rings (SSSR count). The van der Waals surface area contributed by atoms with Gasteiger partial charge in [-0.2, -0.15) is 0 Å². The fourth-order valence-electron chi connectivity index (χ4n) is 10.7. The number of Topliss-reactive ketones (excluding diaryl/α,β-unsaturated/α-hetero) is 1. The number of hydrogen-bond acceptors (Lipinski definition) is 15. The molecular weight excluding hydrogens is 1040 g/mol. The van der Waals surface area contributed by atoms with Crippen molar-refractivity contribution in [3.05, 3.63) is 136 Å². The first-order valence-electron chi connectivity index (χ1n) is 26.8. The molecule has 4 aliphatic heterocycles. The fraction of sp³-hybridized carbons (Fsp3) is 0.426. The van der Waals surface area contributed by atoms with Crippen LogP contribution < -0.4 is 28.9 Å². The number of aryl methyl sites for hydroxylation is 2. The van der Waals surface area contributed by atoms with Gasteiger partial charge in [-0.05, 0) is 122 Å². The molecule has 18 heteroatoms. The standard InChI is InChI=1S/C61H70N4O12S2/c1-39-23-50-42(15-16-46-27-43-11-7-9-13-53(43)64(46)58(50)67)30-55(39)76-34-40-24-41(35-77-57-32-52-51(31-56(57)73-6)59(68)65-48(33-62-52)28-44-12-8-10-14-54(44)65)26-47(25-40)63(17-18-74-21-22-75-20-19-71-4)38-61(2,3)79-78-37-45(60(69)70)29-49(66)36-72-5/h7-14,23-26,30-33,45-46,48H,15-22,27-29,34-38H2,1-6H3,(H,69,70)/t45?,46-,48+/m1/s1. The van der Waals surface area contributed by atoms with Crippen LogP contribution in [0.5, 0.6) is 17.2 Å². The van der Waals surface area contributed by atoms with Gasteiger partial charge in [0.25, 0.3) is 11.8 Å². The van der Waals surface area contributed by atoms with E-state index in [0.29, 0.717) is 86.6 Å². The molecule has 5 aromatic carbocycles. The van der Waals surface area contributed by atoms with Crippen LogP contribution in [0.25, 0.3) is 0 Å². The Morgan fingerprint density at radius 3 is 2.14 bits per heavy atom. The largest absolute Gasteiger partial charge is 0.493 e. The Labute approximate surface area is 470 Å².